The molecule has 1 unspecified atom stereocenters. The number of piperidine rings is 1. The SMILES string of the molecule is COc1ccc(S(=O)(=O)NC(CC(C)C)c2ccccc2)cc1C(=O)N1CCC(C)CC1. The van der Waals surface area contributed by atoms with Crippen molar-refractivity contribution in [3.05, 3.63) is 59.7 Å². The summed E-state index contributed by atoms with van der Waals surface area (Å²) in [5, 5.41) is 0. The second-order valence-electron chi connectivity index (χ2n) is 9.05. The number of carbonyl (C=O) groups is 1. The third kappa shape index (κ3) is 5.90. The maximum Gasteiger partial charge on any atom is 0.257 e. The van der Waals surface area contributed by atoms with Gasteiger partial charge < -0.3 is 9.64 Å². The first-order valence-corrected chi connectivity index (χ1v) is 12.7. The lowest BCUT2D eigenvalue weighted by Crippen LogP contribution is -2.38. The highest BCUT2D eigenvalue weighted by atomic mass is 32.2. The van der Waals surface area contributed by atoms with Gasteiger partial charge in [0.15, 0.2) is 0 Å². The predicted octanol–water partition coefficient (Wildman–Crippen LogP) is 4.63. The summed E-state index contributed by atoms with van der Waals surface area (Å²) in [5.41, 5.74) is 1.20. The Labute approximate surface area is 192 Å². The summed E-state index contributed by atoms with van der Waals surface area (Å²) in [6.45, 7) is 7.65. The lowest BCUT2D eigenvalue weighted by atomic mass is 9.98. The standard InChI is InChI=1S/C25H34N2O4S/c1-18(2)16-23(20-8-6-5-7-9-20)26-32(29,30)21-10-11-24(31-4)22(17-21)25(28)27-14-12-19(3)13-15-27/h5-11,17-19,23,26H,12-16H2,1-4H3. The molecule has 1 saturated heterocycles. The molecule has 32 heavy (non-hydrogen) atoms. The van der Waals surface area contributed by atoms with Crippen LogP contribution in [-0.4, -0.2) is 39.4 Å². The third-order valence-corrected chi connectivity index (χ3v) is 7.46. The highest BCUT2D eigenvalue weighted by Gasteiger charge is 2.27. The van der Waals surface area contributed by atoms with Gasteiger partial charge in [-0.2, -0.15) is 0 Å². The summed E-state index contributed by atoms with van der Waals surface area (Å²) in [5.74, 6) is 1.09. The third-order valence-electron chi connectivity index (χ3n) is 5.99. The van der Waals surface area contributed by atoms with E-state index in [9.17, 15) is 13.2 Å². The molecule has 1 aliphatic rings. The predicted molar refractivity (Wildman–Crippen MR) is 126 cm³/mol. The molecule has 6 nitrogen and oxygen atoms in total. The molecule has 7 heteroatoms. The molecule has 1 fully saturated rings. The fourth-order valence-corrected chi connectivity index (χ4v) is 5.33. The number of amides is 1. The molecule has 0 spiro atoms. The largest absolute Gasteiger partial charge is 0.496 e. The number of ether oxygens (including phenoxy) is 1. The van der Waals surface area contributed by atoms with E-state index < -0.39 is 10.0 Å². The van der Waals surface area contributed by atoms with E-state index in [1.807, 2.05) is 30.3 Å². The van der Waals surface area contributed by atoms with Gasteiger partial charge in [0, 0.05) is 19.1 Å². The molecule has 0 aromatic heterocycles. The molecule has 1 amide bonds. The van der Waals surface area contributed by atoms with Crippen LogP contribution in [0.4, 0.5) is 0 Å². The number of rotatable bonds is 8. The number of nitrogens with zero attached hydrogens (tertiary/aromatic N) is 1. The molecule has 0 aliphatic carbocycles. The van der Waals surface area contributed by atoms with Crippen LogP contribution in [0, 0.1) is 11.8 Å². The van der Waals surface area contributed by atoms with Crippen molar-refractivity contribution in [1.29, 1.82) is 0 Å². The zero-order valence-corrected chi connectivity index (χ0v) is 20.2. The van der Waals surface area contributed by atoms with Gasteiger partial charge in [0.25, 0.3) is 5.91 Å². The van der Waals surface area contributed by atoms with Gasteiger partial charge in [-0.05, 0) is 54.9 Å². The van der Waals surface area contributed by atoms with Crippen LogP contribution in [-0.2, 0) is 10.0 Å². The summed E-state index contributed by atoms with van der Waals surface area (Å²) in [4.78, 5) is 15.0. The Hall–Kier alpha value is -2.38. The van der Waals surface area contributed by atoms with Gasteiger partial charge in [0.05, 0.1) is 17.6 Å². The topological polar surface area (TPSA) is 75.7 Å². The van der Waals surface area contributed by atoms with Crippen molar-refractivity contribution < 1.29 is 17.9 Å². The minimum Gasteiger partial charge on any atom is -0.496 e. The van der Waals surface area contributed by atoms with Crippen molar-refractivity contribution in [2.24, 2.45) is 11.8 Å². The minimum atomic E-state index is -3.85. The summed E-state index contributed by atoms with van der Waals surface area (Å²) >= 11 is 0. The number of nitrogens with one attached hydrogen (secondary N) is 1. The highest BCUT2D eigenvalue weighted by Crippen LogP contribution is 2.28. The minimum absolute atomic E-state index is 0.0664. The van der Waals surface area contributed by atoms with Gasteiger partial charge in [-0.3, -0.25) is 4.79 Å². The second-order valence-corrected chi connectivity index (χ2v) is 10.8. The van der Waals surface area contributed by atoms with Gasteiger partial charge in [-0.15, -0.1) is 0 Å². The molecule has 2 aromatic rings. The van der Waals surface area contributed by atoms with Crippen molar-refractivity contribution in [3.63, 3.8) is 0 Å². The molecule has 0 radical (unpaired) electrons. The monoisotopic (exact) mass is 458 g/mol. The first kappa shape index (κ1) is 24.3. The zero-order valence-electron chi connectivity index (χ0n) is 19.4. The number of likely N-dealkylation sites (tertiary alicyclic amines) is 1. The van der Waals surface area contributed by atoms with Crippen LogP contribution in [0.2, 0.25) is 0 Å². The van der Waals surface area contributed by atoms with Crippen LogP contribution in [0.1, 0.15) is 62.0 Å². The van der Waals surface area contributed by atoms with Gasteiger partial charge in [0.2, 0.25) is 10.0 Å². The quantitative estimate of drug-likeness (QED) is 0.626. The molecule has 1 N–H and O–H groups in total. The van der Waals surface area contributed by atoms with Crippen LogP contribution >= 0.6 is 0 Å². The van der Waals surface area contributed by atoms with Crippen molar-refractivity contribution in [2.45, 2.75) is 51.0 Å². The number of sulfonamides is 1. The Morgan fingerprint density at radius 2 is 1.78 bits per heavy atom. The summed E-state index contributed by atoms with van der Waals surface area (Å²) in [6, 6.07) is 13.7. The maximum atomic E-state index is 13.3. The maximum absolute atomic E-state index is 13.3. The van der Waals surface area contributed by atoms with E-state index in [4.69, 9.17) is 4.74 Å². The number of hydrogen-bond donors (Lipinski definition) is 1. The van der Waals surface area contributed by atoms with E-state index in [-0.39, 0.29) is 22.4 Å². The van der Waals surface area contributed by atoms with Gasteiger partial charge in [0.1, 0.15) is 5.75 Å². The highest BCUT2D eigenvalue weighted by molar-refractivity contribution is 7.89. The molecule has 0 bridgehead atoms. The van der Waals surface area contributed by atoms with E-state index in [1.54, 1.807) is 11.0 Å². The summed E-state index contributed by atoms with van der Waals surface area (Å²) < 4.78 is 34.9. The molecule has 1 aliphatic heterocycles. The van der Waals surface area contributed by atoms with E-state index in [0.717, 1.165) is 18.4 Å². The Morgan fingerprint density at radius 1 is 1.12 bits per heavy atom. The molecule has 3 rings (SSSR count). The molecule has 174 valence electrons. The van der Waals surface area contributed by atoms with Crippen molar-refractivity contribution in [3.8, 4) is 5.75 Å². The van der Waals surface area contributed by atoms with E-state index >= 15 is 0 Å². The number of carbonyl (C=O) groups excluding carboxylic acids is 1. The number of methoxy groups -OCH3 is 1. The first-order chi connectivity index (χ1) is 15.2. The molecule has 1 atom stereocenters. The number of benzene rings is 2. The zero-order chi connectivity index (χ0) is 23.3. The lowest BCUT2D eigenvalue weighted by Gasteiger charge is -2.30. The molecule has 0 saturated carbocycles. The van der Waals surface area contributed by atoms with E-state index in [2.05, 4.69) is 25.5 Å². The van der Waals surface area contributed by atoms with Crippen molar-refractivity contribution >= 4 is 15.9 Å². The Kier molecular flexibility index (Phi) is 7.96. The lowest BCUT2D eigenvalue weighted by molar-refractivity contribution is 0.0693. The Balaban J connectivity index is 1.90. The smallest absolute Gasteiger partial charge is 0.257 e. The van der Waals surface area contributed by atoms with Crippen molar-refractivity contribution in [2.75, 3.05) is 20.2 Å². The van der Waals surface area contributed by atoms with Gasteiger partial charge in [-0.1, -0.05) is 51.1 Å². The van der Waals surface area contributed by atoms with Crippen molar-refractivity contribution in [1.82, 2.24) is 9.62 Å². The second kappa shape index (κ2) is 10.5. The van der Waals surface area contributed by atoms with Crippen LogP contribution < -0.4 is 9.46 Å². The molecular weight excluding hydrogens is 424 g/mol. The Bertz CT molecular complexity index is 1010. The summed E-state index contributed by atoms with van der Waals surface area (Å²) in [6.07, 6.45) is 2.56. The van der Waals surface area contributed by atoms with E-state index in [1.165, 1.54) is 19.2 Å². The normalized spacial score (nSPS) is 16.2. The average molecular weight is 459 g/mol. The molecule has 1 heterocycles. The van der Waals surface area contributed by atoms with Gasteiger partial charge in [-0.25, -0.2) is 13.1 Å². The first-order valence-electron chi connectivity index (χ1n) is 11.3. The van der Waals surface area contributed by atoms with Crippen LogP contribution in [0.25, 0.3) is 0 Å². The van der Waals surface area contributed by atoms with Crippen LogP contribution in [0.5, 0.6) is 5.75 Å². The van der Waals surface area contributed by atoms with Gasteiger partial charge >= 0.3 is 0 Å². The summed E-state index contributed by atoms with van der Waals surface area (Å²) in [7, 11) is -2.36. The molecular formula is C25H34N2O4S. The fourth-order valence-electron chi connectivity index (χ4n) is 4.07. The molecule has 2 aromatic carbocycles. The van der Waals surface area contributed by atoms with Crippen LogP contribution in [0.3, 0.4) is 0 Å². The Morgan fingerprint density at radius 3 is 2.38 bits per heavy atom. The number of hydrogen-bond acceptors (Lipinski definition) is 4. The van der Waals surface area contributed by atoms with E-state index in [0.29, 0.717) is 37.1 Å². The fraction of sp³-hybridized carbons (Fsp3) is 0.480. The van der Waals surface area contributed by atoms with Crippen LogP contribution in [0.15, 0.2) is 53.4 Å². The average Bonchev–Trinajstić information content (AvgIpc) is 2.78.